The quantitative estimate of drug-likeness (QED) is 0.753. The van der Waals surface area contributed by atoms with Gasteiger partial charge in [0.25, 0.3) is 0 Å². The van der Waals surface area contributed by atoms with Crippen molar-refractivity contribution in [3.63, 3.8) is 0 Å². The van der Waals surface area contributed by atoms with Crippen molar-refractivity contribution in [2.24, 2.45) is 0 Å². The zero-order valence-corrected chi connectivity index (χ0v) is 12.2. The van der Waals surface area contributed by atoms with E-state index in [0.29, 0.717) is 12.5 Å². The van der Waals surface area contributed by atoms with Crippen molar-refractivity contribution < 1.29 is 9.90 Å². The average molecular weight is 306 g/mol. The topological polar surface area (TPSA) is 88.0 Å². The van der Waals surface area contributed by atoms with Crippen molar-refractivity contribution in [2.45, 2.75) is 6.54 Å². The molecule has 2 aromatic heterocycles. The maximum absolute atomic E-state index is 10.8. The summed E-state index contributed by atoms with van der Waals surface area (Å²) in [7, 11) is 0. The zero-order valence-electron chi connectivity index (χ0n) is 12.2. The number of anilines is 1. The molecule has 6 nitrogen and oxygen atoms in total. The van der Waals surface area contributed by atoms with E-state index in [0.717, 1.165) is 16.8 Å². The Morgan fingerprint density at radius 3 is 2.61 bits per heavy atom. The molecule has 0 aliphatic carbocycles. The van der Waals surface area contributed by atoms with Gasteiger partial charge in [-0.3, -0.25) is 4.98 Å². The summed E-state index contributed by atoms with van der Waals surface area (Å²) >= 11 is 0. The van der Waals surface area contributed by atoms with Gasteiger partial charge in [0.2, 0.25) is 5.95 Å². The van der Waals surface area contributed by atoms with Crippen LogP contribution in [0.3, 0.4) is 0 Å². The SMILES string of the molecule is O=C(O)c1ccc(CNc2nccc(-c3cccnc3)n2)cc1. The Bertz CT molecular complexity index is 804. The summed E-state index contributed by atoms with van der Waals surface area (Å²) in [5, 5.41) is 12.0. The summed E-state index contributed by atoms with van der Waals surface area (Å²) in [5.41, 5.74) is 2.93. The fraction of sp³-hybridized carbons (Fsp3) is 0.0588. The van der Waals surface area contributed by atoms with Crippen LogP contribution in [-0.2, 0) is 6.54 Å². The monoisotopic (exact) mass is 306 g/mol. The van der Waals surface area contributed by atoms with Crippen LogP contribution in [0.2, 0.25) is 0 Å². The molecule has 2 heterocycles. The summed E-state index contributed by atoms with van der Waals surface area (Å²) in [6.07, 6.45) is 5.15. The van der Waals surface area contributed by atoms with Crippen LogP contribution < -0.4 is 5.32 Å². The summed E-state index contributed by atoms with van der Waals surface area (Å²) in [6.45, 7) is 0.510. The van der Waals surface area contributed by atoms with Gasteiger partial charge in [-0.1, -0.05) is 12.1 Å². The Hall–Kier alpha value is -3.28. The smallest absolute Gasteiger partial charge is 0.335 e. The van der Waals surface area contributed by atoms with Gasteiger partial charge in [-0.05, 0) is 35.9 Å². The Labute approximate surface area is 132 Å². The van der Waals surface area contributed by atoms with Gasteiger partial charge in [-0.2, -0.15) is 0 Å². The van der Waals surface area contributed by atoms with Gasteiger partial charge in [-0.15, -0.1) is 0 Å². The second-order valence-corrected chi connectivity index (χ2v) is 4.86. The highest BCUT2D eigenvalue weighted by Crippen LogP contribution is 2.16. The number of rotatable bonds is 5. The third-order valence-electron chi connectivity index (χ3n) is 3.26. The molecule has 0 amide bonds. The summed E-state index contributed by atoms with van der Waals surface area (Å²) in [5.74, 6) is -0.425. The second-order valence-electron chi connectivity index (χ2n) is 4.86. The number of aromatic carboxylic acids is 1. The number of hydrogen-bond donors (Lipinski definition) is 2. The van der Waals surface area contributed by atoms with Crippen LogP contribution in [0.4, 0.5) is 5.95 Å². The highest BCUT2D eigenvalue weighted by atomic mass is 16.4. The Morgan fingerprint density at radius 2 is 1.91 bits per heavy atom. The van der Waals surface area contributed by atoms with E-state index in [2.05, 4.69) is 20.3 Å². The first-order chi connectivity index (χ1) is 11.2. The minimum absolute atomic E-state index is 0.267. The first-order valence-corrected chi connectivity index (χ1v) is 7.02. The molecular weight excluding hydrogens is 292 g/mol. The summed E-state index contributed by atoms with van der Waals surface area (Å²) in [6, 6.07) is 12.3. The zero-order chi connectivity index (χ0) is 16.1. The van der Waals surface area contributed by atoms with Crippen LogP contribution in [0.5, 0.6) is 0 Å². The Balaban J connectivity index is 1.70. The fourth-order valence-electron chi connectivity index (χ4n) is 2.07. The lowest BCUT2D eigenvalue weighted by atomic mass is 10.1. The molecule has 23 heavy (non-hydrogen) atoms. The number of nitrogens with zero attached hydrogens (tertiary/aromatic N) is 3. The molecule has 0 unspecified atom stereocenters. The Kier molecular flexibility index (Phi) is 4.24. The van der Waals surface area contributed by atoms with E-state index in [1.807, 2.05) is 18.2 Å². The molecule has 3 rings (SSSR count). The number of carbonyl (C=O) groups is 1. The number of nitrogens with one attached hydrogen (secondary N) is 1. The molecule has 3 aromatic rings. The second kappa shape index (κ2) is 6.65. The molecule has 2 N–H and O–H groups in total. The number of pyridine rings is 1. The molecule has 0 saturated heterocycles. The molecule has 0 aliphatic heterocycles. The fourth-order valence-corrected chi connectivity index (χ4v) is 2.07. The van der Waals surface area contributed by atoms with Crippen molar-refractivity contribution in [1.29, 1.82) is 0 Å². The molecule has 0 bridgehead atoms. The molecule has 1 aromatic carbocycles. The number of carboxylic acid groups (broad SMARTS) is 1. The first-order valence-electron chi connectivity index (χ1n) is 7.02. The molecule has 0 spiro atoms. The van der Waals surface area contributed by atoms with Crippen LogP contribution >= 0.6 is 0 Å². The van der Waals surface area contributed by atoms with Crippen LogP contribution in [0, 0.1) is 0 Å². The largest absolute Gasteiger partial charge is 0.478 e. The molecule has 114 valence electrons. The normalized spacial score (nSPS) is 10.3. The van der Waals surface area contributed by atoms with Gasteiger partial charge in [0, 0.05) is 30.7 Å². The van der Waals surface area contributed by atoms with Crippen LogP contribution in [-0.4, -0.2) is 26.0 Å². The van der Waals surface area contributed by atoms with E-state index in [4.69, 9.17) is 5.11 Å². The van der Waals surface area contributed by atoms with Gasteiger partial charge in [0.15, 0.2) is 0 Å². The van der Waals surface area contributed by atoms with Gasteiger partial charge >= 0.3 is 5.97 Å². The summed E-state index contributed by atoms with van der Waals surface area (Å²) < 4.78 is 0. The van der Waals surface area contributed by atoms with Crippen LogP contribution in [0.15, 0.2) is 61.1 Å². The van der Waals surface area contributed by atoms with E-state index in [1.165, 1.54) is 0 Å². The first kappa shape index (κ1) is 14.6. The lowest BCUT2D eigenvalue weighted by Gasteiger charge is -2.07. The van der Waals surface area contributed by atoms with Crippen molar-refractivity contribution in [3.05, 3.63) is 72.2 Å². The third kappa shape index (κ3) is 3.68. The third-order valence-corrected chi connectivity index (χ3v) is 3.26. The van der Waals surface area contributed by atoms with Crippen LogP contribution in [0.1, 0.15) is 15.9 Å². The predicted molar refractivity (Wildman–Crippen MR) is 86.0 cm³/mol. The minimum atomic E-state index is -0.933. The summed E-state index contributed by atoms with van der Waals surface area (Å²) in [4.78, 5) is 23.5. The lowest BCUT2D eigenvalue weighted by Crippen LogP contribution is -2.04. The highest BCUT2D eigenvalue weighted by molar-refractivity contribution is 5.87. The number of carboxylic acids is 1. The van der Waals surface area contributed by atoms with Gasteiger partial charge in [0.05, 0.1) is 11.3 Å². The highest BCUT2D eigenvalue weighted by Gasteiger charge is 2.04. The standard InChI is InChI=1S/C17H14N4O2/c22-16(23)13-5-3-12(4-6-13)10-20-17-19-9-7-15(21-17)14-2-1-8-18-11-14/h1-9,11H,10H2,(H,22,23)(H,19,20,21). The van der Waals surface area contributed by atoms with Crippen molar-refractivity contribution in [2.75, 3.05) is 5.32 Å². The maximum atomic E-state index is 10.8. The molecule has 0 aliphatic rings. The van der Waals surface area contributed by atoms with E-state index in [-0.39, 0.29) is 5.56 Å². The average Bonchev–Trinajstić information content (AvgIpc) is 2.61. The van der Waals surface area contributed by atoms with E-state index < -0.39 is 5.97 Å². The molecular formula is C17H14N4O2. The maximum Gasteiger partial charge on any atom is 0.335 e. The van der Waals surface area contributed by atoms with Crippen molar-refractivity contribution >= 4 is 11.9 Å². The number of aromatic nitrogens is 3. The van der Waals surface area contributed by atoms with Gasteiger partial charge in [0.1, 0.15) is 0 Å². The predicted octanol–water partition coefficient (Wildman–Crippen LogP) is 2.85. The van der Waals surface area contributed by atoms with Crippen molar-refractivity contribution in [1.82, 2.24) is 15.0 Å². The van der Waals surface area contributed by atoms with Gasteiger partial charge < -0.3 is 10.4 Å². The van der Waals surface area contributed by atoms with Crippen molar-refractivity contribution in [3.8, 4) is 11.3 Å². The molecule has 0 saturated carbocycles. The van der Waals surface area contributed by atoms with Gasteiger partial charge in [-0.25, -0.2) is 14.8 Å². The molecule has 0 fully saturated rings. The minimum Gasteiger partial charge on any atom is -0.478 e. The number of hydrogen-bond acceptors (Lipinski definition) is 5. The molecule has 6 heteroatoms. The molecule has 0 atom stereocenters. The van der Waals surface area contributed by atoms with E-state index in [9.17, 15) is 4.79 Å². The van der Waals surface area contributed by atoms with E-state index >= 15 is 0 Å². The lowest BCUT2D eigenvalue weighted by molar-refractivity contribution is 0.0697. The Morgan fingerprint density at radius 1 is 1.09 bits per heavy atom. The van der Waals surface area contributed by atoms with Crippen LogP contribution in [0.25, 0.3) is 11.3 Å². The van der Waals surface area contributed by atoms with E-state index in [1.54, 1.807) is 42.9 Å². The molecule has 0 radical (unpaired) electrons. The number of benzene rings is 1.